The normalized spacial score (nSPS) is 11.5. The lowest BCUT2D eigenvalue weighted by molar-refractivity contribution is 0.678. The second-order valence-corrected chi connectivity index (χ2v) is 11.9. The van der Waals surface area contributed by atoms with Crippen LogP contribution in [0.5, 0.6) is 0 Å². The standard InChI is InChI=1S/C40H52N6/c1-5-9-29-45(30-10-6-2)39-25-21-37(22-26-39)43-41-35-17-13-33(14-18-35)34-15-19-36(20-16-34)42-44-38-23-27-40(28-24-38)46(31-11-7-3)32-12-8-4/h13-28H,5-12,29-32H2,1-4H3. The largest absolute Gasteiger partial charge is 0.372 e. The number of anilines is 2. The maximum absolute atomic E-state index is 4.48. The molecule has 0 amide bonds. The lowest BCUT2D eigenvalue weighted by atomic mass is 10.1. The molecule has 0 aromatic heterocycles. The molecule has 4 aromatic rings. The fourth-order valence-corrected chi connectivity index (χ4v) is 5.27. The van der Waals surface area contributed by atoms with Crippen molar-refractivity contribution in [3.63, 3.8) is 0 Å². The Morgan fingerprint density at radius 3 is 0.826 bits per heavy atom. The maximum Gasteiger partial charge on any atom is 0.0858 e. The van der Waals surface area contributed by atoms with Crippen molar-refractivity contribution < 1.29 is 0 Å². The van der Waals surface area contributed by atoms with E-state index in [-0.39, 0.29) is 0 Å². The highest BCUT2D eigenvalue weighted by Gasteiger charge is 2.07. The molecule has 4 rings (SSSR count). The number of unbranched alkanes of at least 4 members (excludes halogenated alkanes) is 4. The van der Waals surface area contributed by atoms with Crippen molar-refractivity contribution in [3.05, 3.63) is 97.1 Å². The summed E-state index contributed by atoms with van der Waals surface area (Å²) in [6, 6.07) is 33.3. The van der Waals surface area contributed by atoms with Crippen molar-refractivity contribution in [2.75, 3.05) is 36.0 Å². The second-order valence-electron chi connectivity index (χ2n) is 11.9. The smallest absolute Gasteiger partial charge is 0.0858 e. The molecule has 0 unspecified atom stereocenters. The number of nitrogens with zero attached hydrogens (tertiary/aromatic N) is 6. The van der Waals surface area contributed by atoms with Gasteiger partial charge in [0.1, 0.15) is 0 Å². The van der Waals surface area contributed by atoms with Gasteiger partial charge in [-0.25, -0.2) is 0 Å². The fourth-order valence-electron chi connectivity index (χ4n) is 5.27. The highest BCUT2D eigenvalue weighted by Crippen LogP contribution is 2.28. The molecule has 0 aliphatic heterocycles. The van der Waals surface area contributed by atoms with Crippen LogP contribution in [0.3, 0.4) is 0 Å². The highest BCUT2D eigenvalue weighted by atomic mass is 15.1. The van der Waals surface area contributed by atoms with Crippen molar-refractivity contribution in [2.45, 2.75) is 79.1 Å². The molecule has 6 heteroatoms. The lowest BCUT2D eigenvalue weighted by Crippen LogP contribution is -2.25. The van der Waals surface area contributed by atoms with Crippen LogP contribution in [0.15, 0.2) is 118 Å². The number of benzene rings is 4. The van der Waals surface area contributed by atoms with E-state index >= 15 is 0 Å². The minimum absolute atomic E-state index is 0.829. The molecule has 0 aliphatic rings. The van der Waals surface area contributed by atoms with Crippen molar-refractivity contribution >= 4 is 34.1 Å². The van der Waals surface area contributed by atoms with Crippen molar-refractivity contribution in [2.24, 2.45) is 20.5 Å². The third-order valence-corrected chi connectivity index (χ3v) is 8.19. The molecule has 0 saturated carbocycles. The van der Waals surface area contributed by atoms with Crippen LogP contribution in [0.4, 0.5) is 34.1 Å². The molecule has 0 fully saturated rings. The van der Waals surface area contributed by atoms with E-state index in [1.165, 1.54) is 62.7 Å². The summed E-state index contributed by atoms with van der Waals surface area (Å²) in [5.41, 5.74) is 8.15. The van der Waals surface area contributed by atoms with E-state index in [4.69, 9.17) is 0 Å². The van der Waals surface area contributed by atoms with E-state index < -0.39 is 0 Å². The number of rotatable bonds is 19. The predicted molar refractivity (Wildman–Crippen MR) is 197 cm³/mol. The Balaban J connectivity index is 1.32. The first-order chi connectivity index (χ1) is 22.6. The molecule has 0 heterocycles. The van der Waals surface area contributed by atoms with Gasteiger partial charge in [0.2, 0.25) is 0 Å². The summed E-state index contributed by atoms with van der Waals surface area (Å²) in [7, 11) is 0. The summed E-state index contributed by atoms with van der Waals surface area (Å²) >= 11 is 0. The van der Waals surface area contributed by atoms with Gasteiger partial charge in [0.15, 0.2) is 0 Å². The van der Waals surface area contributed by atoms with Crippen molar-refractivity contribution in [1.82, 2.24) is 0 Å². The van der Waals surface area contributed by atoms with E-state index in [2.05, 4.69) is 131 Å². The first-order valence-electron chi connectivity index (χ1n) is 17.4. The Morgan fingerprint density at radius 1 is 0.348 bits per heavy atom. The molecule has 242 valence electrons. The predicted octanol–water partition coefficient (Wildman–Crippen LogP) is 13.0. The Labute approximate surface area is 277 Å². The Bertz CT molecular complexity index is 1330. The summed E-state index contributed by atoms with van der Waals surface area (Å²) in [5.74, 6) is 0. The van der Waals surface area contributed by atoms with E-state index in [0.717, 1.165) is 60.1 Å². The zero-order valence-corrected chi connectivity index (χ0v) is 28.4. The minimum atomic E-state index is 0.829. The van der Waals surface area contributed by atoms with Crippen LogP contribution in [0.2, 0.25) is 0 Å². The van der Waals surface area contributed by atoms with Crippen molar-refractivity contribution in [3.8, 4) is 11.1 Å². The Hall–Kier alpha value is -4.32. The quantitative estimate of drug-likeness (QED) is 0.0984. The minimum Gasteiger partial charge on any atom is -0.372 e. The molecule has 0 N–H and O–H groups in total. The van der Waals surface area contributed by atoms with Gasteiger partial charge in [0.05, 0.1) is 22.7 Å². The van der Waals surface area contributed by atoms with Gasteiger partial charge in [-0.15, -0.1) is 0 Å². The summed E-state index contributed by atoms with van der Waals surface area (Å²) in [5, 5.41) is 17.9. The van der Waals surface area contributed by atoms with Crippen LogP contribution in [-0.4, -0.2) is 26.2 Å². The molecule has 0 bridgehead atoms. The highest BCUT2D eigenvalue weighted by molar-refractivity contribution is 5.67. The summed E-state index contributed by atoms with van der Waals surface area (Å²) < 4.78 is 0. The molecular weight excluding hydrogens is 564 g/mol. The van der Waals surface area contributed by atoms with Gasteiger partial charge >= 0.3 is 0 Å². The van der Waals surface area contributed by atoms with Gasteiger partial charge in [-0.05, 0) is 110 Å². The molecule has 0 spiro atoms. The SMILES string of the molecule is CCCCN(CCCC)c1ccc(N=Nc2ccc(-c3ccc(N=Nc4ccc(N(CCCC)CCCC)cc4)cc3)cc2)cc1. The summed E-state index contributed by atoms with van der Waals surface area (Å²) in [6.07, 6.45) is 9.67. The monoisotopic (exact) mass is 616 g/mol. The Morgan fingerprint density at radius 2 is 0.587 bits per heavy atom. The maximum atomic E-state index is 4.48. The van der Waals surface area contributed by atoms with E-state index in [1.807, 2.05) is 24.3 Å². The third kappa shape index (κ3) is 10.9. The van der Waals surface area contributed by atoms with Gasteiger partial charge in [0.25, 0.3) is 0 Å². The molecule has 46 heavy (non-hydrogen) atoms. The number of azo groups is 2. The topological polar surface area (TPSA) is 55.9 Å². The van der Waals surface area contributed by atoms with Crippen LogP contribution in [0, 0.1) is 0 Å². The van der Waals surface area contributed by atoms with Gasteiger partial charge in [-0.2, -0.15) is 20.5 Å². The lowest BCUT2D eigenvalue weighted by Gasteiger charge is -2.24. The summed E-state index contributed by atoms with van der Waals surface area (Å²) in [4.78, 5) is 4.97. The molecule has 0 aliphatic carbocycles. The molecule has 6 nitrogen and oxygen atoms in total. The van der Waals surface area contributed by atoms with Crippen LogP contribution in [0.25, 0.3) is 11.1 Å². The van der Waals surface area contributed by atoms with Crippen LogP contribution >= 0.6 is 0 Å². The zero-order valence-electron chi connectivity index (χ0n) is 28.4. The van der Waals surface area contributed by atoms with Gasteiger partial charge in [0, 0.05) is 37.6 Å². The zero-order chi connectivity index (χ0) is 32.4. The van der Waals surface area contributed by atoms with E-state index in [9.17, 15) is 0 Å². The fraction of sp³-hybridized carbons (Fsp3) is 0.400. The second kappa shape index (κ2) is 19.3. The van der Waals surface area contributed by atoms with Gasteiger partial charge in [-0.3, -0.25) is 0 Å². The molecule has 0 saturated heterocycles. The Kier molecular flexibility index (Phi) is 14.5. The van der Waals surface area contributed by atoms with Crippen LogP contribution in [-0.2, 0) is 0 Å². The van der Waals surface area contributed by atoms with Crippen LogP contribution < -0.4 is 9.80 Å². The van der Waals surface area contributed by atoms with E-state index in [1.54, 1.807) is 0 Å². The van der Waals surface area contributed by atoms with Crippen molar-refractivity contribution in [1.29, 1.82) is 0 Å². The van der Waals surface area contributed by atoms with E-state index in [0.29, 0.717) is 0 Å². The third-order valence-electron chi connectivity index (χ3n) is 8.19. The number of hydrogen-bond acceptors (Lipinski definition) is 6. The van der Waals surface area contributed by atoms with Gasteiger partial charge in [-0.1, -0.05) is 77.6 Å². The molecule has 0 radical (unpaired) electrons. The first-order valence-corrected chi connectivity index (χ1v) is 17.4. The molecule has 4 aromatic carbocycles. The molecular formula is C40H52N6. The average molecular weight is 617 g/mol. The van der Waals surface area contributed by atoms with Gasteiger partial charge < -0.3 is 9.80 Å². The van der Waals surface area contributed by atoms with Crippen LogP contribution in [0.1, 0.15) is 79.1 Å². The average Bonchev–Trinajstić information content (AvgIpc) is 3.11. The molecule has 0 atom stereocenters. The first kappa shape index (κ1) is 34.6. The number of hydrogen-bond donors (Lipinski definition) is 0. The summed E-state index contributed by atoms with van der Waals surface area (Å²) in [6.45, 7) is 13.4.